The van der Waals surface area contributed by atoms with Gasteiger partial charge >= 0.3 is 0 Å². The van der Waals surface area contributed by atoms with Crippen molar-refractivity contribution in [3.8, 4) is 0 Å². The molecule has 0 amide bonds. The predicted octanol–water partition coefficient (Wildman–Crippen LogP) is 2.60. The molecule has 0 spiro atoms. The van der Waals surface area contributed by atoms with Gasteiger partial charge in [0, 0.05) is 70.5 Å². The molecule has 3 aromatic rings. The number of hydrogen-bond donors (Lipinski definition) is 2. The van der Waals surface area contributed by atoms with Crippen LogP contribution < -0.4 is 15.5 Å². The summed E-state index contributed by atoms with van der Waals surface area (Å²) in [5.41, 5.74) is 4.97. The predicted molar refractivity (Wildman–Crippen MR) is 138 cm³/mol. The highest BCUT2D eigenvalue weighted by molar-refractivity contribution is 7.80. The fourth-order valence-corrected chi connectivity index (χ4v) is 4.11. The Morgan fingerprint density at radius 1 is 1.15 bits per heavy atom. The normalized spacial score (nSPS) is 16.2. The first-order valence-electron chi connectivity index (χ1n) is 10.8. The van der Waals surface area contributed by atoms with E-state index in [1.54, 1.807) is 12.4 Å². The van der Waals surface area contributed by atoms with Crippen molar-refractivity contribution in [2.45, 2.75) is 26.1 Å². The number of nitrogens with zero attached hydrogens (tertiary/aromatic N) is 6. The summed E-state index contributed by atoms with van der Waals surface area (Å²) >= 11 is 5.18. The number of benzene rings is 1. The van der Waals surface area contributed by atoms with Gasteiger partial charge in [0.1, 0.15) is 5.82 Å². The van der Waals surface area contributed by atoms with Gasteiger partial charge in [-0.1, -0.05) is 24.3 Å². The summed E-state index contributed by atoms with van der Waals surface area (Å²) in [5.74, 6) is 0.927. The van der Waals surface area contributed by atoms with Gasteiger partial charge in [-0.3, -0.25) is 14.6 Å². The first-order valence-corrected chi connectivity index (χ1v) is 11.2. The second kappa shape index (κ2) is 11.4. The van der Waals surface area contributed by atoms with Crippen LogP contribution in [0.15, 0.2) is 49.1 Å². The highest BCUT2D eigenvalue weighted by Crippen LogP contribution is 2.29. The highest BCUT2D eigenvalue weighted by Gasteiger charge is 2.29. The average molecular weight is 487 g/mol. The third-order valence-electron chi connectivity index (χ3n) is 6.12. The van der Waals surface area contributed by atoms with Crippen molar-refractivity contribution >= 4 is 35.6 Å². The number of nitrogens with one attached hydrogen (secondary N) is 2. The van der Waals surface area contributed by atoms with E-state index in [4.69, 9.17) is 12.2 Å². The summed E-state index contributed by atoms with van der Waals surface area (Å²) in [6.45, 7) is 6.42. The van der Waals surface area contributed by atoms with E-state index in [1.807, 2.05) is 31.2 Å². The van der Waals surface area contributed by atoms with E-state index in [-0.39, 0.29) is 18.4 Å². The molecule has 1 saturated heterocycles. The van der Waals surface area contributed by atoms with Gasteiger partial charge in [0.25, 0.3) is 0 Å². The third kappa shape index (κ3) is 5.98. The van der Waals surface area contributed by atoms with Crippen LogP contribution in [-0.2, 0) is 20.1 Å². The van der Waals surface area contributed by atoms with Crippen LogP contribution in [0.1, 0.15) is 28.4 Å². The maximum Gasteiger partial charge on any atom is 0.166 e. The molecule has 33 heavy (non-hydrogen) atoms. The van der Waals surface area contributed by atoms with Crippen molar-refractivity contribution in [3.63, 3.8) is 0 Å². The van der Waals surface area contributed by atoms with E-state index >= 15 is 0 Å². The molecule has 0 radical (unpaired) electrons. The Morgan fingerprint density at radius 3 is 2.58 bits per heavy atom. The summed E-state index contributed by atoms with van der Waals surface area (Å²) in [5, 5.41) is 11.2. The van der Waals surface area contributed by atoms with Gasteiger partial charge in [-0.25, -0.2) is 4.98 Å². The molecule has 1 atom stereocenters. The number of thiocarbonyl (C=S) groups is 1. The van der Waals surface area contributed by atoms with Crippen molar-refractivity contribution in [1.82, 2.24) is 35.3 Å². The Kier molecular flexibility index (Phi) is 8.60. The van der Waals surface area contributed by atoms with Crippen LogP contribution in [0.5, 0.6) is 0 Å². The smallest absolute Gasteiger partial charge is 0.166 e. The largest absolute Gasteiger partial charge is 0.366 e. The minimum atomic E-state index is 0. The molecule has 1 fully saturated rings. The van der Waals surface area contributed by atoms with Crippen LogP contribution in [0, 0.1) is 6.92 Å². The number of halogens is 1. The van der Waals surface area contributed by atoms with Crippen LogP contribution in [0.3, 0.4) is 0 Å². The number of aryl methyl sites for hydroxylation is 1. The van der Waals surface area contributed by atoms with E-state index < -0.39 is 0 Å². The second-order valence-electron chi connectivity index (χ2n) is 8.05. The third-order valence-corrected chi connectivity index (χ3v) is 6.47. The summed E-state index contributed by atoms with van der Waals surface area (Å²) < 4.78 is 1.94. The zero-order valence-electron chi connectivity index (χ0n) is 19.2. The van der Waals surface area contributed by atoms with Gasteiger partial charge in [0.2, 0.25) is 0 Å². The van der Waals surface area contributed by atoms with E-state index in [0.29, 0.717) is 11.7 Å². The van der Waals surface area contributed by atoms with Gasteiger partial charge in [-0.15, -0.1) is 12.4 Å². The lowest BCUT2D eigenvalue weighted by Crippen LogP contribution is -2.48. The van der Waals surface area contributed by atoms with E-state index in [9.17, 15) is 0 Å². The van der Waals surface area contributed by atoms with E-state index in [0.717, 1.165) is 32.0 Å². The average Bonchev–Trinajstić information content (AvgIpc) is 3.16. The van der Waals surface area contributed by atoms with Crippen molar-refractivity contribution in [3.05, 3.63) is 71.4 Å². The molecule has 0 bridgehead atoms. The zero-order chi connectivity index (χ0) is 22.5. The molecule has 176 valence electrons. The number of aromatic nitrogens is 4. The lowest BCUT2D eigenvalue weighted by Gasteiger charge is -2.42. The number of hydrogen-bond acceptors (Lipinski definition) is 6. The lowest BCUT2D eigenvalue weighted by atomic mass is 10.00. The highest BCUT2D eigenvalue weighted by atomic mass is 35.5. The molecule has 2 aromatic heterocycles. The fraction of sp³-hybridized carbons (Fsp3) is 0.391. The Balaban J connectivity index is 0.00000306. The van der Waals surface area contributed by atoms with Crippen LogP contribution in [0.4, 0.5) is 5.82 Å². The maximum atomic E-state index is 5.18. The second-order valence-corrected chi connectivity index (χ2v) is 8.46. The standard InChI is InChI=1S/C23H30N8S.ClH/c1-17-20(13-28-29(17)3)15-30-10-11-31(22-14-25-8-9-26-22)16-21(30)19-6-4-18(5-7-19)12-27-23(32)24-2;/h4-9,13-14,21H,10-12,15-16H2,1-3H3,(H2,24,27,32);1H. The van der Waals surface area contributed by atoms with Gasteiger partial charge in [0.05, 0.1) is 18.4 Å². The quantitative estimate of drug-likeness (QED) is 0.515. The molecule has 1 aromatic carbocycles. The SMILES string of the molecule is CNC(=S)NCc1ccc(C2CN(c3cnccn3)CCN2Cc2cnn(C)c2C)cc1.Cl. The molecule has 1 aliphatic rings. The van der Waals surface area contributed by atoms with Crippen LogP contribution in [0.25, 0.3) is 0 Å². The van der Waals surface area contributed by atoms with Gasteiger partial charge < -0.3 is 15.5 Å². The monoisotopic (exact) mass is 486 g/mol. The topological polar surface area (TPSA) is 74.1 Å². The van der Waals surface area contributed by atoms with Gasteiger partial charge in [0.15, 0.2) is 5.11 Å². The number of anilines is 1. The first kappa shape index (κ1) is 24.9. The molecule has 0 saturated carbocycles. The first-order chi connectivity index (χ1) is 15.5. The minimum absolute atomic E-state index is 0. The molecular formula is C23H31ClN8S. The molecule has 2 N–H and O–H groups in total. The summed E-state index contributed by atoms with van der Waals surface area (Å²) in [6, 6.07) is 9.05. The molecular weight excluding hydrogens is 456 g/mol. The van der Waals surface area contributed by atoms with Gasteiger partial charge in [-0.05, 0) is 30.3 Å². The Hall–Kier alpha value is -2.75. The molecule has 10 heteroatoms. The number of piperazine rings is 1. The minimum Gasteiger partial charge on any atom is -0.366 e. The molecule has 8 nitrogen and oxygen atoms in total. The van der Waals surface area contributed by atoms with E-state index in [1.165, 1.54) is 22.4 Å². The fourth-order valence-electron chi connectivity index (χ4n) is 4.04. The van der Waals surface area contributed by atoms with Gasteiger partial charge in [-0.2, -0.15) is 5.10 Å². The van der Waals surface area contributed by atoms with Crippen LogP contribution >= 0.6 is 24.6 Å². The van der Waals surface area contributed by atoms with Crippen molar-refractivity contribution in [1.29, 1.82) is 0 Å². The number of rotatable bonds is 6. The Labute approximate surface area is 206 Å². The Morgan fingerprint density at radius 2 is 1.94 bits per heavy atom. The molecule has 4 rings (SSSR count). The van der Waals surface area contributed by atoms with Crippen LogP contribution in [0.2, 0.25) is 0 Å². The summed E-state index contributed by atoms with van der Waals surface area (Å²) in [6.07, 6.45) is 7.31. The van der Waals surface area contributed by atoms with Crippen molar-refractivity contribution in [2.75, 3.05) is 31.6 Å². The molecule has 0 aliphatic carbocycles. The Bertz CT molecular complexity index is 1040. The maximum absolute atomic E-state index is 5.18. The summed E-state index contributed by atoms with van der Waals surface area (Å²) in [4.78, 5) is 13.7. The van der Waals surface area contributed by atoms with E-state index in [2.05, 4.69) is 66.7 Å². The van der Waals surface area contributed by atoms with Crippen molar-refractivity contribution in [2.24, 2.45) is 7.05 Å². The molecule has 1 unspecified atom stereocenters. The molecule has 1 aliphatic heterocycles. The lowest BCUT2D eigenvalue weighted by molar-refractivity contribution is 0.168. The zero-order valence-corrected chi connectivity index (χ0v) is 20.9. The van der Waals surface area contributed by atoms with Crippen LogP contribution in [-0.4, -0.2) is 56.4 Å². The van der Waals surface area contributed by atoms with Crippen molar-refractivity contribution < 1.29 is 0 Å². The summed E-state index contributed by atoms with van der Waals surface area (Å²) in [7, 11) is 3.82. The molecule has 3 heterocycles.